The van der Waals surface area contributed by atoms with Gasteiger partial charge in [0.1, 0.15) is 0 Å². The minimum Gasteiger partial charge on any atom is -0.305 e. The SMILES string of the molecule is O=C(Nc1cn[nH]c1)Nc1cc(Br)cnc1-n1cccn1. The molecule has 0 bridgehead atoms. The first-order valence-electron chi connectivity index (χ1n) is 5.95. The van der Waals surface area contributed by atoms with Crippen molar-refractivity contribution in [1.82, 2.24) is 25.0 Å². The fourth-order valence-corrected chi connectivity index (χ4v) is 2.04. The number of urea groups is 1. The van der Waals surface area contributed by atoms with Crippen LogP contribution in [0.4, 0.5) is 16.2 Å². The van der Waals surface area contributed by atoms with Gasteiger partial charge in [-0.3, -0.25) is 5.10 Å². The molecule has 9 heteroatoms. The van der Waals surface area contributed by atoms with Crippen LogP contribution in [0.2, 0.25) is 0 Å². The van der Waals surface area contributed by atoms with Gasteiger partial charge in [-0.05, 0) is 28.1 Å². The molecular weight excluding hydrogens is 338 g/mol. The Morgan fingerprint density at radius 3 is 2.95 bits per heavy atom. The van der Waals surface area contributed by atoms with Crippen molar-refractivity contribution < 1.29 is 4.79 Å². The summed E-state index contributed by atoms with van der Waals surface area (Å²) in [6.07, 6.45) is 8.10. The van der Waals surface area contributed by atoms with Crippen LogP contribution in [0.25, 0.3) is 5.82 Å². The van der Waals surface area contributed by atoms with E-state index >= 15 is 0 Å². The summed E-state index contributed by atoms with van der Waals surface area (Å²) >= 11 is 3.33. The van der Waals surface area contributed by atoms with Gasteiger partial charge in [0.05, 0.1) is 17.6 Å². The van der Waals surface area contributed by atoms with Gasteiger partial charge in [-0.25, -0.2) is 14.5 Å². The summed E-state index contributed by atoms with van der Waals surface area (Å²) < 4.78 is 2.32. The summed E-state index contributed by atoms with van der Waals surface area (Å²) in [4.78, 5) is 16.2. The lowest BCUT2D eigenvalue weighted by atomic mass is 10.4. The van der Waals surface area contributed by atoms with Gasteiger partial charge in [0.2, 0.25) is 0 Å². The predicted octanol–water partition coefficient (Wildman–Crippen LogP) is 2.40. The molecule has 21 heavy (non-hydrogen) atoms. The second-order valence-corrected chi connectivity index (χ2v) is 4.96. The van der Waals surface area contributed by atoms with E-state index in [2.05, 4.69) is 46.8 Å². The molecule has 0 aliphatic rings. The second-order valence-electron chi connectivity index (χ2n) is 4.04. The number of nitrogens with one attached hydrogen (secondary N) is 3. The van der Waals surface area contributed by atoms with Crippen molar-refractivity contribution in [2.75, 3.05) is 10.6 Å². The van der Waals surface area contributed by atoms with Crippen molar-refractivity contribution in [1.29, 1.82) is 0 Å². The molecule has 0 saturated carbocycles. The Balaban J connectivity index is 1.84. The molecule has 106 valence electrons. The highest BCUT2D eigenvalue weighted by Gasteiger charge is 2.11. The van der Waals surface area contributed by atoms with E-state index in [9.17, 15) is 4.79 Å². The number of nitrogens with zero attached hydrogens (tertiary/aromatic N) is 4. The molecule has 3 heterocycles. The molecule has 3 aromatic rings. The first kappa shape index (κ1) is 13.3. The van der Waals surface area contributed by atoms with Crippen molar-refractivity contribution in [2.45, 2.75) is 0 Å². The number of hydrogen-bond acceptors (Lipinski definition) is 4. The molecule has 0 radical (unpaired) electrons. The number of carbonyl (C=O) groups is 1. The highest BCUT2D eigenvalue weighted by atomic mass is 79.9. The Morgan fingerprint density at radius 2 is 2.24 bits per heavy atom. The average Bonchev–Trinajstić information content (AvgIpc) is 3.11. The van der Waals surface area contributed by atoms with Gasteiger partial charge in [-0.2, -0.15) is 10.2 Å². The van der Waals surface area contributed by atoms with E-state index in [-0.39, 0.29) is 0 Å². The van der Waals surface area contributed by atoms with Gasteiger partial charge in [-0.1, -0.05) is 0 Å². The molecule has 3 aromatic heterocycles. The Hall–Kier alpha value is -2.68. The number of halogens is 1. The lowest BCUT2D eigenvalue weighted by Crippen LogP contribution is -2.20. The topological polar surface area (TPSA) is 101 Å². The zero-order valence-electron chi connectivity index (χ0n) is 10.6. The van der Waals surface area contributed by atoms with Crippen LogP contribution < -0.4 is 10.6 Å². The average molecular weight is 348 g/mol. The molecule has 0 atom stereocenters. The van der Waals surface area contributed by atoms with Crippen molar-refractivity contribution in [2.24, 2.45) is 0 Å². The van der Waals surface area contributed by atoms with Crippen LogP contribution >= 0.6 is 15.9 Å². The van der Waals surface area contributed by atoms with Gasteiger partial charge in [0.15, 0.2) is 5.82 Å². The van der Waals surface area contributed by atoms with E-state index in [0.717, 1.165) is 4.47 Å². The van der Waals surface area contributed by atoms with Crippen LogP contribution in [0.5, 0.6) is 0 Å². The van der Waals surface area contributed by atoms with Gasteiger partial charge in [0, 0.05) is 29.3 Å². The third kappa shape index (κ3) is 3.08. The summed E-state index contributed by atoms with van der Waals surface area (Å²) in [6.45, 7) is 0. The van der Waals surface area contributed by atoms with Gasteiger partial charge >= 0.3 is 6.03 Å². The third-order valence-corrected chi connectivity index (χ3v) is 2.99. The lowest BCUT2D eigenvalue weighted by Gasteiger charge is -2.11. The Morgan fingerprint density at radius 1 is 1.33 bits per heavy atom. The molecule has 0 fully saturated rings. The summed E-state index contributed by atoms with van der Waals surface area (Å²) in [5, 5.41) is 15.9. The van der Waals surface area contributed by atoms with Crippen LogP contribution in [0.3, 0.4) is 0 Å². The quantitative estimate of drug-likeness (QED) is 0.677. The number of carbonyl (C=O) groups excluding carboxylic acids is 1. The molecule has 0 saturated heterocycles. The van der Waals surface area contributed by atoms with E-state index in [1.807, 2.05) is 0 Å². The number of anilines is 2. The summed E-state index contributed by atoms with van der Waals surface area (Å²) in [5.74, 6) is 0.519. The smallest absolute Gasteiger partial charge is 0.305 e. The maximum absolute atomic E-state index is 12.0. The molecule has 0 aromatic carbocycles. The first-order valence-corrected chi connectivity index (χ1v) is 6.74. The minimum absolute atomic E-state index is 0.398. The van der Waals surface area contributed by atoms with E-state index < -0.39 is 6.03 Å². The van der Waals surface area contributed by atoms with E-state index in [1.54, 1.807) is 41.6 Å². The maximum atomic E-state index is 12.0. The first-order chi connectivity index (χ1) is 10.2. The van der Waals surface area contributed by atoms with Crippen LogP contribution in [0.15, 0.2) is 47.6 Å². The Labute approximate surface area is 127 Å². The maximum Gasteiger partial charge on any atom is 0.323 e. The van der Waals surface area contributed by atoms with Crippen LogP contribution in [0, 0.1) is 0 Å². The molecule has 2 amide bonds. The van der Waals surface area contributed by atoms with Gasteiger partial charge in [-0.15, -0.1) is 0 Å². The Bertz CT molecular complexity index is 739. The van der Waals surface area contributed by atoms with Crippen LogP contribution in [-0.2, 0) is 0 Å². The number of aromatic nitrogens is 5. The third-order valence-electron chi connectivity index (χ3n) is 2.56. The van der Waals surface area contributed by atoms with Crippen LogP contribution in [-0.4, -0.2) is 31.0 Å². The van der Waals surface area contributed by atoms with E-state index in [0.29, 0.717) is 17.2 Å². The second kappa shape index (κ2) is 5.75. The predicted molar refractivity (Wildman–Crippen MR) is 80.3 cm³/mol. The zero-order valence-corrected chi connectivity index (χ0v) is 12.2. The number of pyridine rings is 1. The van der Waals surface area contributed by atoms with Crippen molar-refractivity contribution in [3.63, 3.8) is 0 Å². The highest BCUT2D eigenvalue weighted by molar-refractivity contribution is 9.10. The number of rotatable bonds is 3. The standard InChI is InChI=1S/C12H10BrN7O/c13-8-4-10(11(14-5-8)20-3-1-2-17-20)19-12(21)18-9-6-15-16-7-9/h1-7H,(H,15,16)(H2,18,19,21). The van der Waals surface area contributed by atoms with Crippen molar-refractivity contribution in [3.05, 3.63) is 47.6 Å². The molecule has 0 aliphatic carbocycles. The molecule has 0 aliphatic heterocycles. The lowest BCUT2D eigenvalue weighted by molar-refractivity contribution is 0.262. The van der Waals surface area contributed by atoms with Crippen LogP contribution in [0.1, 0.15) is 0 Å². The number of amides is 2. The van der Waals surface area contributed by atoms with E-state index in [1.165, 1.54) is 6.20 Å². The van der Waals surface area contributed by atoms with Crippen molar-refractivity contribution >= 4 is 33.3 Å². The summed E-state index contributed by atoms with van der Waals surface area (Å²) in [6, 6.07) is 3.13. The van der Waals surface area contributed by atoms with Gasteiger partial charge in [0.25, 0.3) is 0 Å². The number of hydrogen-bond donors (Lipinski definition) is 3. The monoisotopic (exact) mass is 347 g/mol. The molecule has 3 N–H and O–H groups in total. The normalized spacial score (nSPS) is 10.3. The molecule has 0 spiro atoms. The highest BCUT2D eigenvalue weighted by Crippen LogP contribution is 2.22. The number of aromatic amines is 1. The van der Waals surface area contributed by atoms with Crippen molar-refractivity contribution in [3.8, 4) is 5.82 Å². The fourth-order valence-electron chi connectivity index (χ4n) is 1.70. The molecule has 3 rings (SSSR count). The fraction of sp³-hybridized carbons (Fsp3) is 0. The minimum atomic E-state index is -0.398. The largest absolute Gasteiger partial charge is 0.323 e. The number of H-pyrrole nitrogens is 1. The summed E-state index contributed by atoms with van der Waals surface area (Å²) in [7, 11) is 0. The van der Waals surface area contributed by atoms with E-state index in [4.69, 9.17) is 0 Å². The molecular formula is C12H10BrN7O. The summed E-state index contributed by atoms with van der Waals surface area (Å²) in [5.41, 5.74) is 1.09. The molecule has 0 unspecified atom stereocenters. The zero-order chi connectivity index (χ0) is 14.7. The van der Waals surface area contributed by atoms with Gasteiger partial charge < -0.3 is 10.6 Å². The Kier molecular flexibility index (Phi) is 3.65. The molecule has 8 nitrogen and oxygen atoms in total.